The SMILES string of the molecule is CC1(C)C2CC=C(CC3SCCCS3)C1C2.[B]. The van der Waals surface area contributed by atoms with E-state index in [9.17, 15) is 0 Å². The Morgan fingerprint density at radius 2 is 2.00 bits per heavy atom. The number of allylic oxidation sites excluding steroid dienone is 2. The van der Waals surface area contributed by atoms with Crippen LogP contribution in [0.15, 0.2) is 11.6 Å². The Kier molecular flexibility index (Phi) is 4.30. The normalized spacial score (nSPS) is 35.5. The summed E-state index contributed by atoms with van der Waals surface area (Å²) in [5.41, 5.74) is 2.42. The molecule has 0 aromatic carbocycles. The quantitative estimate of drug-likeness (QED) is 0.542. The van der Waals surface area contributed by atoms with Gasteiger partial charge in [0.15, 0.2) is 0 Å². The topological polar surface area (TPSA) is 0 Å². The summed E-state index contributed by atoms with van der Waals surface area (Å²) in [5, 5.41) is 0. The van der Waals surface area contributed by atoms with Crippen molar-refractivity contribution < 1.29 is 0 Å². The highest BCUT2D eigenvalue weighted by Gasteiger charge is 2.51. The molecule has 2 bridgehead atoms. The fourth-order valence-electron chi connectivity index (χ4n) is 3.55. The average molecular weight is 265 g/mol. The Morgan fingerprint density at radius 1 is 1.29 bits per heavy atom. The first-order valence-corrected chi connectivity index (χ1v) is 8.70. The van der Waals surface area contributed by atoms with Crippen molar-refractivity contribution in [3.63, 3.8) is 0 Å². The van der Waals surface area contributed by atoms with Crippen LogP contribution in [0.5, 0.6) is 0 Å². The minimum absolute atomic E-state index is 0. The van der Waals surface area contributed by atoms with Crippen molar-refractivity contribution >= 4 is 31.9 Å². The van der Waals surface area contributed by atoms with E-state index < -0.39 is 0 Å². The third kappa shape index (κ3) is 2.47. The van der Waals surface area contributed by atoms with Crippen LogP contribution in [0.1, 0.15) is 39.5 Å². The van der Waals surface area contributed by atoms with Gasteiger partial charge in [-0.15, -0.1) is 23.5 Å². The van der Waals surface area contributed by atoms with Gasteiger partial charge in [-0.25, -0.2) is 0 Å². The number of fused-ring (bicyclic) bond motifs is 1. The van der Waals surface area contributed by atoms with Crippen molar-refractivity contribution in [2.45, 2.75) is 44.1 Å². The summed E-state index contributed by atoms with van der Waals surface area (Å²) in [6, 6.07) is 0. The summed E-state index contributed by atoms with van der Waals surface area (Å²) >= 11 is 4.40. The fourth-order valence-corrected chi connectivity index (χ4v) is 6.47. The zero-order valence-corrected chi connectivity index (χ0v) is 12.6. The van der Waals surface area contributed by atoms with Crippen molar-refractivity contribution in [1.82, 2.24) is 0 Å². The van der Waals surface area contributed by atoms with E-state index in [-0.39, 0.29) is 8.41 Å². The summed E-state index contributed by atoms with van der Waals surface area (Å²) in [5.74, 6) is 4.70. The standard InChI is InChI=1S/C14H22S2.B/c1-14(2)11-5-4-10(12(14)9-11)8-13-15-6-3-7-16-13;/h4,11-13H,3,5-9H2,1-2H3;. The van der Waals surface area contributed by atoms with Gasteiger partial charge in [0, 0.05) is 8.41 Å². The van der Waals surface area contributed by atoms with E-state index in [1.807, 2.05) is 0 Å². The Labute approximate surface area is 116 Å². The van der Waals surface area contributed by atoms with Gasteiger partial charge >= 0.3 is 0 Å². The zero-order valence-electron chi connectivity index (χ0n) is 10.9. The number of hydrogen-bond donors (Lipinski definition) is 0. The van der Waals surface area contributed by atoms with Gasteiger partial charge in [0.2, 0.25) is 0 Å². The first-order chi connectivity index (χ1) is 7.68. The molecule has 0 spiro atoms. The van der Waals surface area contributed by atoms with E-state index >= 15 is 0 Å². The molecule has 93 valence electrons. The minimum Gasteiger partial charge on any atom is -0.147 e. The van der Waals surface area contributed by atoms with Gasteiger partial charge in [0.05, 0.1) is 4.58 Å². The average Bonchev–Trinajstić information content (AvgIpc) is 2.30. The molecular formula is C14H22BS2. The molecule has 1 saturated carbocycles. The fraction of sp³-hybridized carbons (Fsp3) is 0.857. The first-order valence-electron chi connectivity index (χ1n) is 6.60. The van der Waals surface area contributed by atoms with E-state index in [4.69, 9.17) is 0 Å². The van der Waals surface area contributed by atoms with Gasteiger partial charge in [-0.2, -0.15) is 0 Å². The smallest absolute Gasteiger partial charge is 0.0539 e. The lowest BCUT2D eigenvalue weighted by Crippen LogP contribution is -2.48. The molecule has 3 radical (unpaired) electrons. The molecule has 0 N–H and O–H groups in total. The molecule has 1 saturated heterocycles. The summed E-state index contributed by atoms with van der Waals surface area (Å²) in [6.07, 6.45) is 8.22. The van der Waals surface area contributed by atoms with Gasteiger partial charge in [-0.05, 0) is 54.4 Å². The van der Waals surface area contributed by atoms with Crippen LogP contribution in [-0.2, 0) is 0 Å². The molecule has 0 aromatic rings. The van der Waals surface area contributed by atoms with Crippen LogP contribution in [0.25, 0.3) is 0 Å². The highest BCUT2D eigenvalue weighted by atomic mass is 32.2. The Hall–Kier alpha value is 0.505. The predicted octanol–water partition coefficient (Wildman–Crippen LogP) is 4.18. The largest absolute Gasteiger partial charge is 0.147 e. The maximum atomic E-state index is 2.58. The van der Waals surface area contributed by atoms with Crippen LogP contribution < -0.4 is 0 Å². The Bertz CT molecular complexity index is 305. The van der Waals surface area contributed by atoms with Crippen LogP contribution in [-0.4, -0.2) is 24.5 Å². The second-order valence-corrected chi connectivity index (χ2v) is 8.97. The second-order valence-electron chi connectivity index (χ2n) is 6.05. The van der Waals surface area contributed by atoms with Crippen LogP contribution in [0.2, 0.25) is 0 Å². The molecule has 4 rings (SSSR count). The molecule has 2 unspecified atom stereocenters. The number of thioether (sulfide) groups is 2. The van der Waals surface area contributed by atoms with Crippen LogP contribution in [0, 0.1) is 17.3 Å². The van der Waals surface area contributed by atoms with Gasteiger partial charge in [-0.3, -0.25) is 0 Å². The van der Waals surface area contributed by atoms with E-state index in [0.717, 1.165) is 16.4 Å². The lowest BCUT2D eigenvalue weighted by Gasteiger charge is -2.57. The monoisotopic (exact) mass is 265 g/mol. The number of hydrogen-bond acceptors (Lipinski definition) is 2. The van der Waals surface area contributed by atoms with Crippen molar-refractivity contribution in [3.05, 3.63) is 11.6 Å². The minimum atomic E-state index is 0. The van der Waals surface area contributed by atoms with E-state index in [2.05, 4.69) is 43.4 Å². The predicted molar refractivity (Wildman–Crippen MR) is 81.8 cm³/mol. The van der Waals surface area contributed by atoms with E-state index in [1.54, 1.807) is 5.57 Å². The van der Waals surface area contributed by atoms with Gasteiger partial charge < -0.3 is 0 Å². The molecular weight excluding hydrogens is 243 g/mol. The highest BCUT2D eigenvalue weighted by molar-refractivity contribution is 8.17. The third-order valence-corrected chi connectivity index (χ3v) is 7.82. The van der Waals surface area contributed by atoms with Crippen molar-refractivity contribution in [1.29, 1.82) is 0 Å². The van der Waals surface area contributed by atoms with Crippen LogP contribution >= 0.6 is 23.5 Å². The van der Waals surface area contributed by atoms with E-state index in [0.29, 0.717) is 5.41 Å². The molecule has 0 amide bonds. The summed E-state index contributed by atoms with van der Waals surface area (Å²) < 4.78 is 0.868. The molecule has 3 heteroatoms. The second kappa shape index (κ2) is 5.24. The van der Waals surface area contributed by atoms with Crippen molar-refractivity contribution in [2.75, 3.05) is 11.5 Å². The molecule has 2 atom stereocenters. The van der Waals surface area contributed by atoms with Crippen LogP contribution in [0.3, 0.4) is 0 Å². The molecule has 0 aromatic heterocycles. The maximum Gasteiger partial charge on any atom is 0.0539 e. The number of rotatable bonds is 2. The van der Waals surface area contributed by atoms with Gasteiger partial charge in [-0.1, -0.05) is 25.5 Å². The Balaban J connectivity index is 0.00000108. The molecule has 3 aliphatic carbocycles. The summed E-state index contributed by atoms with van der Waals surface area (Å²) in [6.45, 7) is 4.97. The van der Waals surface area contributed by atoms with E-state index in [1.165, 1.54) is 37.2 Å². The molecule has 4 aliphatic rings. The molecule has 2 fully saturated rings. The first kappa shape index (κ1) is 13.9. The molecule has 1 aliphatic heterocycles. The lowest BCUT2D eigenvalue weighted by atomic mass is 9.48. The van der Waals surface area contributed by atoms with Crippen molar-refractivity contribution in [2.24, 2.45) is 17.3 Å². The summed E-state index contributed by atoms with van der Waals surface area (Å²) in [4.78, 5) is 0. The molecule has 0 nitrogen and oxygen atoms in total. The van der Waals surface area contributed by atoms with Crippen LogP contribution in [0.4, 0.5) is 0 Å². The Morgan fingerprint density at radius 3 is 2.59 bits per heavy atom. The zero-order chi connectivity index (χ0) is 11.2. The summed E-state index contributed by atoms with van der Waals surface area (Å²) in [7, 11) is 0. The molecule has 17 heavy (non-hydrogen) atoms. The maximum absolute atomic E-state index is 2.58. The lowest BCUT2D eigenvalue weighted by molar-refractivity contribution is -0.00782. The van der Waals surface area contributed by atoms with Gasteiger partial charge in [0.25, 0.3) is 0 Å². The van der Waals surface area contributed by atoms with Crippen molar-refractivity contribution in [3.8, 4) is 0 Å². The highest BCUT2D eigenvalue weighted by Crippen LogP contribution is 2.60. The third-order valence-electron chi connectivity index (χ3n) is 4.88. The van der Waals surface area contributed by atoms with Gasteiger partial charge in [0.1, 0.15) is 0 Å². The molecule has 1 heterocycles.